The molecule has 2 atom stereocenters. The number of carbonyl (C=O) groups is 1. The molecule has 0 aromatic heterocycles. The van der Waals surface area contributed by atoms with Crippen LogP contribution in [-0.2, 0) is 10.3 Å². The van der Waals surface area contributed by atoms with Crippen molar-refractivity contribution in [3.63, 3.8) is 0 Å². The van der Waals surface area contributed by atoms with E-state index >= 15 is 0 Å². The number of halogens is 1. The summed E-state index contributed by atoms with van der Waals surface area (Å²) in [6.07, 6.45) is 2.55. The lowest BCUT2D eigenvalue weighted by molar-refractivity contribution is -0.138. The van der Waals surface area contributed by atoms with Crippen molar-refractivity contribution in [3.8, 4) is 0 Å². The second-order valence-electron chi connectivity index (χ2n) is 8.25. The summed E-state index contributed by atoms with van der Waals surface area (Å²) in [5.41, 5.74) is 2.09. The van der Waals surface area contributed by atoms with Gasteiger partial charge in [-0.2, -0.15) is 0 Å². The Morgan fingerprint density at radius 2 is 1.70 bits per heavy atom. The molecule has 0 radical (unpaired) electrons. The number of nitrogens with zero attached hydrogens (tertiary/aromatic N) is 1. The Labute approximate surface area is 179 Å². The molecule has 1 heterocycles. The van der Waals surface area contributed by atoms with Crippen molar-refractivity contribution >= 4 is 5.91 Å². The fourth-order valence-electron chi connectivity index (χ4n) is 4.87. The lowest BCUT2D eigenvalue weighted by Gasteiger charge is -2.43. The standard InChI is InChI=1S/C25H34FN3O/c1-4-22(19-8-6-5-7-9-19)23(18-27-2)24(30)29-16-14-25(28-3,15-17-29)20-10-12-21(26)13-11-20/h5-13,22-23,27-28H,4,14-18H2,1-3H3/t22-,23+/m0/s1. The van der Waals surface area contributed by atoms with Gasteiger partial charge in [0, 0.05) is 25.2 Å². The number of hydrogen-bond acceptors (Lipinski definition) is 3. The molecule has 5 heteroatoms. The number of piperidine rings is 1. The Kier molecular flexibility index (Phi) is 7.62. The number of benzene rings is 2. The Morgan fingerprint density at radius 3 is 2.23 bits per heavy atom. The molecule has 1 amide bonds. The van der Waals surface area contributed by atoms with Gasteiger partial charge in [0.2, 0.25) is 5.91 Å². The maximum Gasteiger partial charge on any atom is 0.227 e. The summed E-state index contributed by atoms with van der Waals surface area (Å²) in [6.45, 7) is 4.22. The van der Waals surface area contributed by atoms with E-state index in [0.29, 0.717) is 19.6 Å². The van der Waals surface area contributed by atoms with Gasteiger partial charge >= 0.3 is 0 Å². The number of carbonyl (C=O) groups excluding carboxylic acids is 1. The van der Waals surface area contributed by atoms with Crippen LogP contribution in [0.2, 0.25) is 0 Å². The molecule has 0 unspecified atom stereocenters. The molecule has 0 spiro atoms. The van der Waals surface area contributed by atoms with Gasteiger partial charge in [0.25, 0.3) is 0 Å². The van der Waals surface area contributed by atoms with Crippen LogP contribution in [0.15, 0.2) is 54.6 Å². The maximum absolute atomic E-state index is 13.6. The number of likely N-dealkylation sites (tertiary alicyclic amines) is 1. The molecule has 0 bridgehead atoms. The van der Waals surface area contributed by atoms with Crippen molar-refractivity contribution in [3.05, 3.63) is 71.5 Å². The fourth-order valence-corrected chi connectivity index (χ4v) is 4.87. The van der Waals surface area contributed by atoms with Crippen molar-refractivity contribution in [2.24, 2.45) is 5.92 Å². The summed E-state index contributed by atoms with van der Waals surface area (Å²) in [5.74, 6) is 0.109. The van der Waals surface area contributed by atoms with Crippen LogP contribution >= 0.6 is 0 Å². The third-order valence-corrected chi connectivity index (χ3v) is 6.70. The Bertz CT molecular complexity index is 801. The minimum atomic E-state index is -0.223. The highest BCUT2D eigenvalue weighted by atomic mass is 19.1. The average Bonchev–Trinajstić information content (AvgIpc) is 2.80. The molecular formula is C25H34FN3O. The lowest BCUT2D eigenvalue weighted by atomic mass is 9.79. The van der Waals surface area contributed by atoms with Gasteiger partial charge in [-0.1, -0.05) is 49.4 Å². The molecule has 1 aliphatic rings. The largest absolute Gasteiger partial charge is 0.342 e. The first-order valence-electron chi connectivity index (χ1n) is 11.0. The van der Waals surface area contributed by atoms with Crippen molar-refractivity contribution < 1.29 is 9.18 Å². The smallest absolute Gasteiger partial charge is 0.227 e. The van der Waals surface area contributed by atoms with E-state index in [0.717, 1.165) is 24.8 Å². The van der Waals surface area contributed by atoms with Crippen LogP contribution in [0.3, 0.4) is 0 Å². The van der Waals surface area contributed by atoms with Crippen LogP contribution in [0, 0.1) is 11.7 Å². The molecule has 2 aromatic rings. The van der Waals surface area contributed by atoms with Crippen molar-refractivity contribution in [1.29, 1.82) is 0 Å². The minimum absolute atomic E-state index is 0.0877. The zero-order valence-electron chi connectivity index (χ0n) is 18.3. The third kappa shape index (κ3) is 4.73. The Hall–Kier alpha value is -2.24. The summed E-state index contributed by atoms with van der Waals surface area (Å²) < 4.78 is 13.4. The first kappa shape index (κ1) is 22.4. The highest BCUT2D eigenvalue weighted by Gasteiger charge is 2.39. The highest BCUT2D eigenvalue weighted by molar-refractivity contribution is 5.80. The molecule has 162 valence electrons. The van der Waals surface area contributed by atoms with E-state index in [1.54, 1.807) is 0 Å². The number of nitrogens with one attached hydrogen (secondary N) is 2. The first-order chi connectivity index (χ1) is 14.5. The van der Waals surface area contributed by atoms with Gasteiger partial charge in [0.05, 0.1) is 5.92 Å². The summed E-state index contributed by atoms with van der Waals surface area (Å²) >= 11 is 0. The van der Waals surface area contributed by atoms with Crippen LogP contribution in [0.4, 0.5) is 4.39 Å². The Morgan fingerprint density at radius 1 is 1.07 bits per heavy atom. The van der Waals surface area contributed by atoms with Gasteiger partial charge in [0.1, 0.15) is 5.82 Å². The monoisotopic (exact) mass is 411 g/mol. The van der Waals surface area contributed by atoms with Crippen LogP contribution < -0.4 is 10.6 Å². The summed E-state index contributed by atoms with van der Waals surface area (Å²) in [5, 5.41) is 6.69. The third-order valence-electron chi connectivity index (χ3n) is 6.70. The van der Waals surface area contributed by atoms with E-state index in [2.05, 4.69) is 29.7 Å². The molecule has 30 heavy (non-hydrogen) atoms. The summed E-state index contributed by atoms with van der Waals surface area (Å²) in [6, 6.07) is 17.1. The lowest BCUT2D eigenvalue weighted by Crippen LogP contribution is -2.53. The van der Waals surface area contributed by atoms with Crippen LogP contribution in [0.25, 0.3) is 0 Å². The number of hydrogen-bond donors (Lipinski definition) is 2. The second kappa shape index (κ2) is 10.2. The van der Waals surface area contributed by atoms with Crippen LogP contribution in [0.1, 0.15) is 43.2 Å². The van der Waals surface area contributed by atoms with Crippen LogP contribution in [0.5, 0.6) is 0 Å². The summed E-state index contributed by atoms with van der Waals surface area (Å²) in [4.78, 5) is 15.6. The van der Waals surface area contributed by atoms with Crippen molar-refractivity contribution in [2.75, 3.05) is 33.7 Å². The summed E-state index contributed by atoms with van der Waals surface area (Å²) in [7, 11) is 3.86. The topological polar surface area (TPSA) is 44.4 Å². The number of amides is 1. The van der Waals surface area contributed by atoms with Gasteiger partial charge in [-0.3, -0.25) is 4.79 Å². The SMILES string of the molecule is CC[C@@H](c1ccccc1)[C@@H](CNC)C(=O)N1CCC(NC)(c2ccc(F)cc2)CC1. The predicted molar refractivity (Wildman–Crippen MR) is 120 cm³/mol. The molecule has 0 saturated carbocycles. The predicted octanol–water partition coefficient (Wildman–Crippen LogP) is 3.89. The van der Waals surface area contributed by atoms with Crippen LogP contribution in [-0.4, -0.2) is 44.5 Å². The highest BCUT2D eigenvalue weighted by Crippen LogP contribution is 2.35. The quantitative estimate of drug-likeness (QED) is 0.693. The Balaban J connectivity index is 1.75. The zero-order valence-corrected chi connectivity index (χ0v) is 18.3. The average molecular weight is 412 g/mol. The van der Waals surface area contributed by atoms with E-state index in [1.807, 2.05) is 49.3 Å². The first-order valence-corrected chi connectivity index (χ1v) is 11.0. The van der Waals surface area contributed by atoms with Crippen molar-refractivity contribution in [1.82, 2.24) is 15.5 Å². The van der Waals surface area contributed by atoms with Gasteiger partial charge < -0.3 is 15.5 Å². The van der Waals surface area contributed by atoms with E-state index in [4.69, 9.17) is 0 Å². The molecule has 2 N–H and O–H groups in total. The molecular weight excluding hydrogens is 377 g/mol. The molecule has 3 rings (SSSR count). The van der Waals surface area contributed by atoms with Gasteiger partial charge in [-0.05, 0) is 62.5 Å². The van der Waals surface area contributed by atoms with Gasteiger partial charge in [-0.25, -0.2) is 4.39 Å². The normalized spacial score (nSPS) is 18.1. The minimum Gasteiger partial charge on any atom is -0.342 e. The fraction of sp³-hybridized carbons (Fsp3) is 0.480. The van der Waals surface area contributed by atoms with E-state index in [1.165, 1.54) is 17.7 Å². The van der Waals surface area contributed by atoms with Gasteiger partial charge in [0.15, 0.2) is 0 Å². The van der Waals surface area contributed by atoms with E-state index in [-0.39, 0.29) is 29.1 Å². The van der Waals surface area contributed by atoms with Gasteiger partial charge in [-0.15, -0.1) is 0 Å². The van der Waals surface area contributed by atoms with Crippen molar-refractivity contribution in [2.45, 2.75) is 37.6 Å². The maximum atomic E-state index is 13.6. The number of rotatable bonds is 8. The van der Waals surface area contributed by atoms with E-state index in [9.17, 15) is 9.18 Å². The molecule has 0 aliphatic carbocycles. The molecule has 1 fully saturated rings. The van der Waals surface area contributed by atoms with E-state index < -0.39 is 0 Å². The molecule has 1 aliphatic heterocycles. The zero-order chi connectivity index (χ0) is 21.6. The molecule has 4 nitrogen and oxygen atoms in total. The molecule has 1 saturated heterocycles. The second-order valence-corrected chi connectivity index (χ2v) is 8.25. The molecule has 2 aromatic carbocycles.